The Labute approximate surface area is 104 Å². The number of rotatable bonds is 7. The number of aliphatic hydroxyl groups is 1. The standard InChI is InChI=1S/C15H24O2/c1-12(2)15(17)9-8-14(10-11-16)13-6-4-3-5-7-13/h4,6-7,12,14,16H,3,5,8-11H2,1-2H3. The van der Waals surface area contributed by atoms with Gasteiger partial charge in [0.2, 0.25) is 0 Å². The van der Waals surface area contributed by atoms with Crippen LogP contribution in [-0.4, -0.2) is 17.5 Å². The van der Waals surface area contributed by atoms with E-state index < -0.39 is 0 Å². The summed E-state index contributed by atoms with van der Waals surface area (Å²) < 4.78 is 0. The number of allylic oxidation sites excluding steroid dienone is 4. The van der Waals surface area contributed by atoms with Crippen molar-refractivity contribution < 1.29 is 9.90 Å². The highest BCUT2D eigenvalue weighted by Crippen LogP contribution is 2.26. The van der Waals surface area contributed by atoms with Crippen LogP contribution < -0.4 is 0 Å². The van der Waals surface area contributed by atoms with Crippen molar-refractivity contribution in [2.24, 2.45) is 11.8 Å². The predicted molar refractivity (Wildman–Crippen MR) is 70.7 cm³/mol. The largest absolute Gasteiger partial charge is 0.396 e. The fourth-order valence-corrected chi connectivity index (χ4v) is 2.18. The Morgan fingerprint density at radius 2 is 2.12 bits per heavy atom. The van der Waals surface area contributed by atoms with Crippen LogP contribution in [0.15, 0.2) is 23.8 Å². The number of aliphatic hydroxyl groups excluding tert-OH is 1. The van der Waals surface area contributed by atoms with Crippen LogP contribution in [0.2, 0.25) is 0 Å². The summed E-state index contributed by atoms with van der Waals surface area (Å²) in [5, 5.41) is 9.11. The molecule has 1 unspecified atom stereocenters. The molecule has 2 nitrogen and oxygen atoms in total. The van der Waals surface area contributed by atoms with Crippen molar-refractivity contribution in [3.63, 3.8) is 0 Å². The van der Waals surface area contributed by atoms with Crippen molar-refractivity contribution in [3.05, 3.63) is 23.8 Å². The molecule has 0 amide bonds. The lowest BCUT2D eigenvalue weighted by molar-refractivity contribution is -0.122. The summed E-state index contributed by atoms with van der Waals surface area (Å²) in [4.78, 5) is 11.6. The van der Waals surface area contributed by atoms with Crippen LogP contribution in [0.3, 0.4) is 0 Å². The number of hydrogen-bond acceptors (Lipinski definition) is 2. The zero-order chi connectivity index (χ0) is 12.7. The Bertz CT molecular complexity index is 300. The molecule has 0 aromatic carbocycles. The summed E-state index contributed by atoms with van der Waals surface area (Å²) in [6.07, 6.45) is 11.1. The first-order valence-corrected chi connectivity index (χ1v) is 6.65. The van der Waals surface area contributed by atoms with Gasteiger partial charge in [-0.1, -0.05) is 32.1 Å². The molecule has 0 radical (unpaired) electrons. The highest BCUT2D eigenvalue weighted by atomic mass is 16.3. The van der Waals surface area contributed by atoms with E-state index in [4.69, 9.17) is 5.11 Å². The summed E-state index contributed by atoms with van der Waals surface area (Å²) in [7, 11) is 0. The van der Waals surface area contributed by atoms with E-state index in [1.54, 1.807) is 0 Å². The summed E-state index contributed by atoms with van der Waals surface area (Å²) in [6, 6.07) is 0. The maximum Gasteiger partial charge on any atom is 0.135 e. The van der Waals surface area contributed by atoms with Gasteiger partial charge >= 0.3 is 0 Å². The molecule has 96 valence electrons. The highest BCUT2D eigenvalue weighted by molar-refractivity contribution is 5.80. The van der Waals surface area contributed by atoms with Crippen LogP contribution >= 0.6 is 0 Å². The third-order valence-corrected chi connectivity index (χ3v) is 3.36. The molecule has 0 aromatic heterocycles. The zero-order valence-electron chi connectivity index (χ0n) is 11.0. The van der Waals surface area contributed by atoms with Crippen molar-refractivity contribution in [2.75, 3.05) is 6.61 Å². The summed E-state index contributed by atoms with van der Waals surface area (Å²) in [5.74, 6) is 0.799. The Hall–Kier alpha value is -0.890. The van der Waals surface area contributed by atoms with Gasteiger partial charge in [0.1, 0.15) is 5.78 Å². The fraction of sp³-hybridized carbons (Fsp3) is 0.667. The van der Waals surface area contributed by atoms with Crippen LogP contribution in [0.5, 0.6) is 0 Å². The highest BCUT2D eigenvalue weighted by Gasteiger charge is 2.16. The van der Waals surface area contributed by atoms with Gasteiger partial charge in [-0.05, 0) is 37.2 Å². The molecular formula is C15H24O2. The molecule has 17 heavy (non-hydrogen) atoms. The lowest BCUT2D eigenvalue weighted by Gasteiger charge is -2.19. The lowest BCUT2D eigenvalue weighted by Crippen LogP contribution is -2.12. The summed E-state index contributed by atoms with van der Waals surface area (Å²) in [5.41, 5.74) is 1.31. The van der Waals surface area contributed by atoms with Crippen LogP contribution in [0.4, 0.5) is 0 Å². The van der Waals surface area contributed by atoms with Crippen LogP contribution in [0.25, 0.3) is 0 Å². The molecule has 1 aliphatic rings. The summed E-state index contributed by atoms with van der Waals surface area (Å²) in [6.45, 7) is 4.10. The van der Waals surface area contributed by atoms with E-state index in [1.807, 2.05) is 13.8 Å². The molecule has 0 aliphatic heterocycles. The minimum absolute atomic E-state index is 0.126. The van der Waals surface area contributed by atoms with Gasteiger partial charge < -0.3 is 5.11 Å². The molecule has 0 bridgehead atoms. The molecule has 0 saturated heterocycles. The number of carbonyl (C=O) groups is 1. The molecule has 0 saturated carbocycles. The number of Topliss-reactive ketones (excluding diaryl/α,β-unsaturated/α-hetero) is 1. The van der Waals surface area contributed by atoms with Gasteiger partial charge in [0, 0.05) is 18.9 Å². The molecule has 1 atom stereocenters. The van der Waals surface area contributed by atoms with Crippen molar-refractivity contribution in [2.45, 2.75) is 46.0 Å². The minimum atomic E-state index is 0.126. The van der Waals surface area contributed by atoms with Crippen molar-refractivity contribution in [1.82, 2.24) is 0 Å². The van der Waals surface area contributed by atoms with E-state index in [9.17, 15) is 4.79 Å². The molecule has 0 aromatic rings. The van der Waals surface area contributed by atoms with Gasteiger partial charge in [0.05, 0.1) is 0 Å². The number of carbonyl (C=O) groups excluding carboxylic acids is 1. The van der Waals surface area contributed by atoms with Crippen molar-refractivity contribution in [1.29, 1.82) is 0 Å². The van der Waals surface area contributed by atoms with E-state index in [1.165, 1.54) is 5.57 Å². The molecule has 0 spiro atoms. The average Bonchev–Trinajstić information content (AvgIpc) is 2.35. The second kappa shape index (κ2) is 7.44. The second-order valence-corrected chi connectivity index (χ2v) is 5.05. The molecular weight excluding hydrogens is 212 g/mol. The maximum atomic E-state index is 11.6. The maximum absolute atomic E-state index is 11.6. The SMILES string of the molecule is CC(C)C(=O)CCC(CCO)C1=CCCC=C1. The Morgan fingerprint density at radius 3 is 2.65 bits per heavy atom. The van der Waals surface area contributed by atoms with E-state index in [0.29, 0.717) is 18.1 Å². The Balaban J connectivity index is 2.51. The quantitative estimate of drug-likeness (QED) is 0.736. The third kappa shape index (κ3) is 4.86. The average molecular weight is 236 g/mol. The van der Waals surface area contributed by atoms with Gasteiger partial charge in [0.15, 0.2) is 0 Å². The number of hydrogen-bond donors (Lipinski definition) is 1. The molecule has 1 aliphatic carbocycles. The number of ketones is 1. The van der Waals surface area contributed by atoms with Crippen molar-refractivity contribution in [3.8, 4) is 0 Å². The monoisotopic (exact) mass is 236 g/mol. The van der Waals surface area contributed by atoms with Crippen LogP contribution in [-0.2, 0) is 4.79 Å². The first kappa shape index (κ1) is 14.2. The topological polar surface area (TPSA) is 37.3 Å². The first-order chi connectivity index (χ1) is 8.15. The minimum Gasteiger partial charge on any atom is -0.396 e. The van der Waals surface area contributed by atoms with Crippen LogP contribution in [0.1, 0.15) is 46.0 Å². The fourth-order valence-electron chi connectivity index (χ4n) is 2.18. The zero-order valence-corrected chi connectivity index (χ0v) is 11.0. The van der Waals surface area contributed by atoms with Gasteiger partial charge in [0.25, 0.3) is 0 Å². The van der Waals surface area contributed by atoms with Crippen LogP contribution in [0, 0.1) is 11.8 Å². The van der Waals surface area contributed by atoms with Gasteiger partial charge in [-0.3, -0.25) is 4.79 Å². The van der Waals surface area contributed by atoms with Gasteiger partial charge in [-0.15, -0.1) is 0 Å². The summed E-state index contributed by atoms with van der Waals surface area (Å²) >= 11 is 0. The normalized spacial score (nSPS) is 17.1. The third-order valence-electron chi connectivity index (χ3n) is 3.36. The molecule has 1 rings (SSSR count). The molecule has 1 N–H and O–H groups in total. The molecule has 0 heterocycles. The smallest absolute Gasteiger partial charge is 0.135 e. The van der Waals surface area contributed by atoms with E-state index in [2.05, 4.69) is 18.2 Å². The molecule has 2 heteroatoms. The van der Waals surface area contributed by atoms with Gasteiger partial charge in [-0.2, -0.15) is 0 Å². The Morgan fingerprint density at radius 1 is 1.35 bits per heavy atom. The van der Waals surface area contributed by atoms with E-state index >= 15 is 0 Å². The van der Waals surface area contributed by atoms with E-state index in [0.717, 1.165) is 25.7 Å². The second-order valence-electron chi connectivity index (χ2n) is 5.05. The van der Waals surface area contributed by atoms with Crippen molar-refractivity contribution >= 4 is 5.78 Å². The van der Waals surface area contributed by atoms with E-state index in [-0.39, 0.29) is 12.5 Å². The lowest BCUT2D eigenvalue weighted by atomic mass is 9.86. The Kier molecular flexibility index (Phi) is 6.20. The molecule has 0 fully saturated rings. The predicted octanol–water partition coefficient (Wildman–Crippen LogP) is 3.27. The van der Waals surface area contributed by atoms with Gasteiger partial charge in [-0.25, -0.2) is 0 Å². The first-order valence-electron chi connectivity index (χ1n) is 6.65.